The van der Waals surface area contributed by atoms with Crippen LogP contribution in [0.25, 0.3) is 6.08 Å². The Kier molecular flexibility index (Phi) is 5.44. The maximum absolute atomic E-state index is 13.1. The molecule has 2 heterocycles. The molecule has 0 atom stereocenters. The highest BCUT2D eigenvalue weighted by molar-refractivity contribution is 7.12. The largest absolute Gasteiger partial charge is 0.486 e. The third-order valence-electron chi connectivity index (χ3n) is 4.37. The minimum absolute atomic E-state index is 0.0768. The maximum atomic E-state index is 13.1. The summed E-state index contributed by atoms with van der Waals surface area (Å²) < 4.78 is 11.1. The summed E-state index contributed by atoms with van der Waals surface area (Å²) in [4.78, 5) is 28.0. The minimum atomic E-state index is -0.471. The summed E-state index contributed by atoms with van der Waals surface area (Å²) in [5, 5.41) is 2.81. The van der Waals surface area contributed by atoms with Crippen LogP contribution in [0.3, 0.4) is 0 Å². The summed E-state index contributed by atoms with van der Waals surface area (Å²) in [5.41, 5.74) is 1.07. The van der Waals surface area contributed by atoms with Gasteiger partial charge in [0.1, 0.15) is 13.2 Å². The van der Waals surface area contributed by atoms with Gasteiger partial charge in [-0.1, -0.05) is 30.3 Å². The number of ether oxygens (including phenoxy) is 2. The Hall–Kier alpha value is -3.38. The summed E-state index contributed by atoms with van der Waals surface area (Å²) in [6.45, 7) is 2.94. The molecule has 2 aromatic carbocycles. The van der Waals surface area contributed by atoms with Gasteiger partial charge >= 0.3 is 0 Å². The molecule has 1 amide bonds. The van der Waals surface area contributed by atoms with Gasteiger partial charge in [0.05, 0.1) is 5.57 Å². The van der Waals surface area contributed by atoms with E-state index in [-0.39, 0.29) is 11.4 Å². The van der Waals surface area contributed by atoms with Crippen LogP contribution in [0, 0.1) is 6.92 Å². The number of carbonyl (C=O) groups is 2. The number of fused-ring (bicyclic) bond motifs is 1. The van der Waals surface area contributed by atoms with Crippen molar-refractivity contribution < 1.29 is 19.1 Å². The molecule has 0 saturated heterocycles. The average Bonchev–Trinajstić information content (AvgIpc) is 3.17. The van der Waals surface area contributed by atoms with Crippen LogP contribution in [0.1, 0.15) is 20.1 Å². The minimum Gasteiger partial charge on any atom is -0.486 e. The Labute approximate surface area is 172 Å². The van der Waals surface area contributed by atoms with E-state index >= 15 is 0 Å². The highest BCUT2D eigenvalue weighted by Crippen LogP contribution is 2.33. The number of ketones is 1. The lowest BCUT2D eigenvalue weighted by Crippen LogP contribution is -2.21. The molecule has 4 rings (SSSR count). The van der Waals surface area contributed by atoms with E-state index in [4.69, 9.17) is 9.47 Å². The zero-order valence-electron chi connectivity index (χ0n) is 15.8. The van der Waals surface area contributed by atoms with Gasteiger partial charge in [-0.05, 0) is 37.3 Å². The van der Waals surface area contributed by atoms with E-state index in [0.717, 1.165) is 9.75 Å². The first kappa shape index (κ1) is 19.0. The van der Waals surface area contributed by atoms with Crippen LogP contribution < -0.4 is 14.8 Å². The van der Waals surface area contributed by atoms with Gasteiger partial charge in [0, 0.05) is 27.1 Å². The standard InChI is InChI=1S/C23H19NO4S/c1-15-7-9-18(29-15)14-19(22(25)16-5-3-2-4-6-16)23(26)24-17-8-10-20-21(13-17)28-12-11-27-20/h2-10,13-14H,11-12H2,1H3,(H,24,26)/b19-14+. The predicted octanol–water partition coefficient (Wildman–Crippen LogP) is 4.73. The molecule has 0 saturated carbocycles. The number of carbonyl (C=O) groups excluding carboxylic acids is 2. The number of hydrogen-bond acceptors (Lipinski definition) is 5. The van der Waals surface area contributed by atoms with E-state index in [9.17, 15) is 9.59 Å². The van der Waals surface area contributed by atoms with Crippen molar-refractivity contribution in [2.75, 3.05) is 18.5 Å². The van der Waals surface area contributed by atoms with Crippen LogP contribution in [-0.4, -0.2) is 24.9 Å². The molecule has 1 aliphatic rings. The Morgan fingerprint density at radius 2 is 1.72 bits per heavy atom. The molecule has 6 heteroatoms. The van der Waals surface area contributed by atoms with Gasteiger partial charge in [0.2, 0.25) is 0 Å². The van der Waals surface area contributed by atoms with Crippen molar-refractivity contribution in [3.05, 3.63) is 81.6 Å². The highest BCUT2D eigenvalue weighted by Gasteiger charge is 2.21. The molecule has 146 valence electrons. The van der Waals surface area contributed by atoms with Gasteiger partial charge < -0.3 is 14.8 Å². The van der Waals surface area contributed by atoms with Crippen molar-refractivity contribution in [2.24, 2.45) is 0 Å². The van der Waals surface area contributed by atoms with E-state index in [1.807, 2.05) is 25.1 Å². The number of benzene rings is 2. The van der Waals surface area contributed by atoms with E-state index in [2.05, 4.69) is 5.32 Å². The van der Waals surface area contributed by atoms with Gasteiger partial charge in [-0.2, -0.15) is 0 Å². The topological polar surface area (TPSA) is 64.6 Å². The number of Topliss-reactive ketones (excluding diaryl/α,β-unsaturated/α-hetero) is 1. The molecule has 3 aromatic rings. The fourth-order valence-electron chi connectivity index (χ4n) is 2.97. The quantitative estimate of drug-likeness (QED) is 0.288. The first-order chi connectivity index (χ1) is 14.1. The molecule has 0 spiro atoms. The van der Waals surface area contributed by atoms with Crippen LogP contribution in [0.15, 0.2) is 66.2 Å². The number of rotatable bonds is 5. The van der Waals surface area contributed by atoms with Crippen molar-refractivity contribution in [3.8, 4) is 11.5 Å². The van der Waals surface area contributed by atoms with Gasteiger partial charge in [0.25, 0.3) is 5.91 Å². The Morgan fingerprint density at radius 3 is 2.45 bits per heavy atom. The van der Waals surface area contributed by atoms with Crippen molar-refractivity contribution >= 4 is 34.8 Å². The summed E-state index contributed by atoms with van der Waals surface area (Å²) in [6.07, 6.45) is 1.64. The fourth-order valence-corrected chi connectivity index (χ4v) is 3.79. The first-order valence-electron chi connectivity index (χ1n) is 9.19. The summed E-state index contributed by atoms with van der Waals surface area (Å²) in [6, 6.07) is 17.8. The molecule has 0 unspecified atom stereocenters. The lowest BCUT2D eigenvalue weighted by atomic mass is 10.0. The SMILES string of the molecule is Cc1ccc(/C=C(/C(=O)Nc2ccc3c(c2)OCCO3)C(=O)c2ccccc2)s1. The Balaban J connectivity index is 1.64. The molecule has 0 aliphatic carbocycles. The number of anilines is 1. The molecule has 1 N–H and O–H groups in total. The van der Waals surface area contributed by atoms with Crippen LogP contribution in [0.2, 0.25) is 0 Å². The monoisotopic (exact) mass is 405 g/mol. The van der Waals surface area contributed by atoms with Gasteiger partial charge in [0.15, 0.2) is 17.3 Å². The second-order valence-electron chi connectivity index (χ2n) is 6.51. The molecule has 1 aliphatic heterocycles. The smallest absolute Gasteiger partial charge is 0.259 e. The van der Waals surface area contributed by atoms with E-state index in [0.29, 0.717) is 36.0 Å². The summed E-state index contributed by atoms with van der Waals surface area (Å²) in [7, 11) is 0. The zero-order valence-corrected chi connectivity index (χ0v) is 16.6. The first-order valence-corrected chi connectivity index (χ1v) is 10.0. The molecule has 1 aromatic heterocycles. The Bertz CT molecular complexity index is 1090. The van der Waals surface area contributed by atoms with Crippen molar-refractivity contribution in [1.29, 1.82) is 0 Å². The van der Waals surface area contributed by atoms with Crippen LogP contribution in [-0.2, 0) is 4.79 Å². The molecule has 0 radical (unpaired) electrons. The number of thiophene rings is 1. The second-order valence-corrected chi connectivity index (χ2v) is 7.83. The fraction of sp³-hybridized carbons (Fsp3) is 0.130. The van der Waals surface area contributed by atoms with Crippen LogP contribution in [0.5, 0.6) is 11.5 Å². The van der Waals surface area contributed by atoms with Gasteiger partial charge in [-0.15, -0.1) is 11.3 Å². The third kappa shape index (κ3) is 4.38. The molecular formula is C23H19NO4S. The zero-order chi connectivity index (χ0) is 20.2. The van der Waals surface area contributed by atoms with Gasteiger partial charge in [-0.25, -0.2) is 0 Å². The number of aryl methyl sites for hydroxylation is 1. The van der Waals surface area contributed by atoms with Gasteiger partial charge in [-0.3, -0.25) is 9.59 Å². The highest BCUT2D eigenvalue weighted by atomic mass is 32.1. The predicted molar refractivity (Wildman–Crippen MR) is 114 cm³/mol. The van der Waals surface area contributed by atoms with Crippen molar-refractivity contribution in [1.82, 2.24) is 0 Å². The summed E-state index contributed by atoms with van der Waals surface area (Å²) >= 11 is 1.53. The van der Waals surface area contributed by atoms with E-state index in [1.54, 1.807) is 48.5 Å². The third-order valence-corrected chi connectivity index (χ3v) is 5.32. The number of hydrogen-bond donors (Lipinski definition) is 1. The Morgan fingerprint density at radius 1 is 0.966 bits per heavy atom. The lowest BCUT2D eigenvalue weighted by molar-refractivity contribution is -0.112. The van der Waals surface area contributed by atoms with Crippen molar-refractivity contribution in [3.63, 3.8) is 0 Å². The number of nitrogens with one attached hydrogen (secondary N) is 1. The van der Waals surface area contributed by atoms with E-state index < -0.39 is 5.91 Å². The average molecular weight is 405 g/mol. The normalized spacial score (nSPS) is 13.1. The molecule has 5 nitrogen and oxygen atoms in total. The molecule has 0 bridgehead atoms. The number of amides is 1. The van der Waals surface area contributed by atoms with E-state index in [1.165, 1.54) is 11.3 Å². The van der Waals surface area contributed by atoms with Crippen LogP contribution >= 0.6 is 11.3 Å². The molecule has 0 fully saturated rings. The van der Waals surface area contributed by atoms with Crippen LogP contribution in [0.4, 0.5) is 5.69 Å². The maximum Gasteiger partial charge on any atom is 0.259 e. The van der Waals surface area contributed by atoms with Crippen molar-refractivity contribution in [2.45, 2.75) is 6.92 Å². The summed E-state index contributed by atoms with van der Waals surface area (Å²) in [5.74, 6) is 0.413. The molecular weight excluding hydrogens is 386 g/mol. The molecule has 29 heavy (non-hydrogen) atoms. The lowest BCUT2D eigenvalue weighted by Gasteiger charge is -2.19. The second kappa shape index (κ2) is 8.32.